The molecule has 0 N–H and O–H groups in total. The van der Waals surface area contributed by atoms with Crippen LogP contribution in [0, 0.1) is 28.5 Å². The highest BCUT2D eigenvalue weighted by Crippen LogP contribution is 2.50. The van der Waals surface area contributed by atoms with Crippen LogP contribution < -0.4 is 4.74 Å². The number of methoxy groups -OCH3 is 1. The largest absolute Gasteiger partial charge is 0.489 e. The van der Waals surface area contributed by atoms with Gasteiger partial charge in [-0.05, 0) is 89.8 Å². The van der Waals surface area contributed by atoms with Crippen LogP contribution in [-0.2, 0) is 16.1 Å². The Labute approximate surface area is 227 Å². The summed E-state index contributed by atoms with van der Waals surface area (Å²) in [6.45, 7) is 4.79. The third-order valence-electron chi connectivity index (χ3n) is 7.81. The molecule has 1 unspecified atom stereocenters. The zero-order chi connectivity index (χ0) is 26.9. The molecule has 2 aliphatic carbocycles. The molecule has 0 amide bonds. The van der Waals surface area contributed by atoms with Gasteiger partial charge in [0, 0.05) is 21.6 Å². The normalized spacial score (nSPS) is 17.0. The Hall–Kier alpha value is -3.43. The number of thiophene rings is 1. The van der Waals surface area contributed by atoms with Gasteiger partial charge in [-0.3, -0.25) is 4.79 Å². The van der Waals surface area contributed by atoms with E-state index in [-0.39, 0.29) is 23.1 Å². The number of benzene rings is 2. The molecule has 1 aromatic heterocycles. The second-order valence-corrected chi connectivity index (χ2v) is 11.8. The van der Waals surface area contributed by atoms with E-state index in [1.165, 1.54) is 36.2 Å². The van der Waals surface area contributed by atoms with Gasteiger partial charge in [-0.25, -0.2) is 4.39 Å². The van der Waals surface area contributed by atoms with E-state index < -0.39 is 0 Å². The first-order chi connectivity index (χ1) is 18.3. The first-order valence-corrected chi connectivity index (χ1v) is 14.0. The minimum Gasteiger partial charge on any atom is -0.489 e. The van der Waals surface area contributed by atoms with Gasteiger partial charge in [-0.2, -0.15) is 5.26 Å². The van der Waals surface area contributed by atoms with Gasteiger partial charge >= 0.3 is 5.97 Å². The van der Waals surface area contributed by atoms with Gasteiger partial charge < -0.3 is 9.47 Å². The Kier molecular flexibility index (Phi) is 7.40. The topological polar surface area (TPSA) is 59.3 Å². The van der Waals surface area contributed by atoms with E-state index in [0.717, 1.165) is 53.0 Å². The molecule has 0 spiro atoms. The fourth-order valence-electron chi connectivity index (χ4n) is 5.51. The SMILES string of the molecule is COC(=O)CC(c1cccc(OCc2csc(-c3cc(C#N)ccc3F)c2C2=CCCC2(C)C)c1)C1CC1. The van der Waals surface area contributed by atoms with E-state index in [9.17, 15) is 10.1 Å². The lowest BCUT2D eigenvalue weighted by Crippen LogP contribution is -2.11. The third kappa shape index (κ3) is 5.39. The maximum atomic E-state index is 15.0. The number of halogens is 1. The molecule has 1 saturated carbocycles. The lowest BCUT2D eigenvalue weighted by Gasteiger charge is -2.24. The van der Waals surface area contributed by atoms with Crippen molar-refractivity contribution in [3.05, 3.63) is 82.0 Å². The Bertz CT molecular complexity index is 1430. The van der Waals surface area contributed by atoms with E-state index in [4.69, 9.17) is 9.47 Å². The van der Waals surface area contributed by atoms with E-state index in [1.54, 1.807) is 6.07 Å². The van der Waals surface area contributed by atoms with Crippen LogP contribution in [0.15, 0.2) is 53.9 Å². The van der Waals surface area contributed by atoms with Crippen LogP contribution in [0.25, 0.3) is 16.0 Å². The minimum absolute atomic E-state index is 0.0425. The molecule has 4 nitrogen and oxygen atoms in total. The summed E-state index contributed by atoms with van der Waals surface area (Å²) >= 11 is 1.49. The van der Waals surface area contributed by atoms with Gasteiger partial charge in [0.1, 0.15) is 18.2 Å². The zero-order valence-electron chi connectivity index (χ0n) is 22.1. The maximum Gasteiger partial charge on any atom is 0.306 e. The number of carbonyl (C=O) groups is 1. The van der Waals surface area contributed by atoms with Gasteiger partial charge in [0.15, 0.2) is 0 Å². The molecule has 38 heavy (non-hydrogen) atoms. The Balaban J connectivity index is 1.46. The first-order valence-electron chi connectivity index (χ1n) is 13.1. The molecular weight excluding hydrogens is 497 g/mol. The Morgan fingerprint density at radius 1 is 1.24 bits per heavy atom. The monoisotopic (exact) mass is 529 g/mol. The lowest BCUT2D eigenvalue weighted by molar-refractivity contribution is -0.141. The molecule has 2 aliphatic rings. The molecule has 196 valence electrons. The number of allylic oxidation sites excluding steroid dienone is 2. The number of ether oxygens (including phenoxy) is 2. The average molecular weight is 530 g/mol. The van der Waals surface area contributed by atoms with E-state index in [1.807, 2.05) is 23.6 Å². The van der Waals surface area contributed by atoms with Crippen molar-refractivity contribution in [2.45, 2.75) is 58.5 Å². The van der Waals surface area contributed by atoms with E-state index in [0.29, 0.717) is 30.1 Å². The van der Waals surface area contributed by atoms with Crippen LogP contribution >= 0.6 is 11.3 Å². The quantitative estimate of drug-likeness (QED) is 0.262. The summed E-state index contributed by atoms with van der Waals surface area (Å²) in [6, 6.07) is 14.7. The predicted octanol–water partition coefficient (Wildman–Crippen LogP) is 8.26. The lowest BCUT2D eigenvalue weighted by atomic mass is 9.80. The molecule has 1 heterocycles. The minimum atomic E-state index is -0.333. The number of esters is 1. The highest BCUT2D eigenvalue weighted by atomic mass is 32.1. The number of carbonyl (C=O) groups excluding carboxylic acids is 1. The predicted molar refractivity (Wildman–Crippen MR) is 148 cm³/mol. The van der Waals surface area contributed by atoms with Crippen molar-refractivity contribution in [2.75, 3.05) is 7.11 Å². The fourth-order valence-corrected chi connectivity index (χ4v) is 6.59. The molecule has 1 atom stereocenters. The molecule has 0 radical (unpaired) electrons. The second-order valence-electron chi connectivity index (χ2n) is 10.9. The van der Waals surface area contributed by atoms with Gasteiger partial charge in [0.2, 0.25) is 0 Å². The van der Waals surface area contributed by atoms with Crippen LogP contribution in [0.3, 0.4) is 0 Å². The molecule has 5 rings (SSSR count). The van der Waals surface area contributed by atoms with Crippen molar-refractivity contribution >= 4 is 22.9 Å². The standard InChI is InChI=1S/C32H32FNO3S/c1-32(2)13-5-8-27(32)30-23(19-38-31(30)26-14-20(17-34)9-12-28(26)33)18-37-24-7-4-6-22(15-24)25(21-10-11-21)16-29(35)36-3/h4,6-9,12,14-15,19,21,25H,5,10-11,13,16,18H2,1-3H3. The van der Waals surface area contributed by atoms with Crippen LogP contribution in [0.4, 0.5) is 4.39 Å². The summed E-state index contributed by atoms with van der Waals surface area (Å²) in [7, 11) is 1.43. The van der Waals surface area contributed by atoms with Crippen molar-refractivity contribution in [3.63, 3.8) is 0 Å². The zero-order valence-corrected chi connectivity index (χ0v) is 22.9. The second kappa shape index (κ2) is 10.7. The highest BCUT2D eigenvalue weighted by Gasteiger charge is 2.35. The van der Waals surface area contributed by atoms with Crippen LogP contribution in [0.5, 0.6) is 5.75 Å². The van der Waals surface area contributed by atoms with Crippen LogP contribution in [0.1, 0.15) is 74.1 Å². The average Bonchev–Trinajstić information content (AvgIpc) is 3.58. The van der Waals surface area contributed by atoms with Gasteiger partial charge in [-0.1, -0.05) is 32.1 Å². The van der Waals surface area contributed by atoms with Crippen LogP contribution in [0.2, 0.25) is 0 Å². The van der Waals surface area contributed by atoms with E-state index in [2.05, 4.69) is 32.1 Å². The Morgan fingerprint density at radius 2 is 2.05 bits per heavy atom. The van der Waals surface area contributed by atoms with Crippen molar-refractivity contribution in [1.29, 1.82) is 5.26 Å². The molecule has 2 aromatic carbocycles. The number of rotatable bonds is 9. The molecule has 0 aliphatic heterocycles. The molecule has 1 fully saturated rings. The van der Waals surface area contributed by atoms with Crippen molar-refractivity contribution < 1.29 is 18.7 Å². The smallest absolute Gasteiger partial charge is 0.306 e. The molecule has 0 bridgehead atoms. The summed E-state index contributed by atoms with van der Waals surface area (Å²) in [5.41, 5.74) is 5.17. The summed E-state index contributed by atoms with van der Waals surface area (Å²) in [5, 5.41) is 11.5. The maximum absolute atomic E-state index is 15.0. The Morgan fingerprint density at radius 3 is 2.74 bits per heavy atom. The summed E-state index contributed by atoms with van der Waals surface area (Å²) in [6.07, 6.45) is 6.89. The third-order valence-corrected chi connectivity index (χ3v) is 8.87. The number of hydrogen-bond donors (Lipinski definition) is 0. The molecule has 3 aromatic rings. The highest BCUT2D eigenvalue weighted by molar-refractivity contribution is 7.14. The van der Waals surface area contributed by atoms with Crippen LogP contribution in [-0.4, -0.2) is 13.1 Å². The summed E-state index contributed by atoms with van der Waals surface area (Å²) < 4.78 is 26.3. The van der Waals surface area contributed by atoms with Gasteiger partial charge in [0.05, 0.1) is 25.2 Å². The van der Waals surface area contributed by atoms with Crippen molar-refractivity contribution in [3.8, 4) is 22.3 Å². The van der Waals surface area contributed by atoms with E-state index >= 15 is 4.39 Å². The summed E-state index contributed by atoms with van der Waals surface area (Å²) in [5.74, 6) is 0.860. The number of nitrogens with zero attached hydrogens (tertiary/aromatic N) is 1. The summed E-state index contributed by atoms with van der Waals surface area (Å²) in [4.78, 5) is 12.9. The molecular formula is C32H32FNO3S. The number of hydrogen-bond acceptors (Lipinski definition) is 5. The van der Waals surface area contributed by atoms with Crippen molar-refractivity contribution in [2.24, 2.45) is 11.3 Å². The molecule has 6 heteroatoms. The van der Waals surface area contributed by atoms with Gasteiger partial charge in [-0.15, -0.1) is 11.3 Å². The number of nitriles is 1. The van der Waals surface area contributed by atoms with Gasteiger partial charge in [0.25, 0.3) is 0 Å². The van der Waals surface area contributed by atoms with Crippen molar-refractivity contribution in [1.82, 2.24) is 0 Å². The fraction of sp³-hybridized carbons (Fsp3) is 0.375. The molecule has 0 saturated heterocycles. The first kappa shape index (κ1) is 26.2.